The highest BCUT2D eigenvalue weighted by molar-refractivity contribution is 14.1. The zero-order chi connectivity index (χ0) is 8.77. The van der Waals surface area contributed by atoms with Crippen molar-refractivity contribution in [1.82, 2.24) is 2.78 Å². The molecule has 1 saturated carbocycles. The van der Waals surface area contributed by atoms with Crippen molar-refractivity contribution in [3.63, 3.8) is 0 Å². The van der Waals surface area contributed by atoms with Crippen LogP contribution in [0.1, 0.15) is 25.5 Å². The molecule has 12 heavy (non-hydrogen) atoms. The molecule has 1 aromatic rings. The Morgan fingerprint density at radius 1 is 1.58 bits per heavy atom. The Labute approximate surface area is 85.1 Å². The zero-order valence-electron chi connectivity index (χ0n) is 6.88. The number of hydrogen-bond donors (Lipinski definition) is 0. The number of nitrogens with zero attached hydrogens (tertiary/aromatic N) is 1. The van der Waals surface area contributed by atoms with Gasteiger partial charge in [0, 0.05) is 29.4 Å². The molecule has 0 aliphatic heterocycles. The highest BCUT2D eigenvalue weighted by Gasteiger charge is 2.40. The van der Waals surface area contributed by atoms with Crippen LogP contribution in [0.2, 0.25) is 0 Å². The van der Waals surface area contributed by atoms with Crippen LogP contribution in [0.15, 0.2) is 23.1 Å². The minimum atomic E-state index is 0.117. The topological polar surface area (TPSA) is 22.0 Å². The summed E-state index contributed by atoms with van der Waals surface area (Å²) in [6, 6.07) is 3.35. The average Bonchev–Trinajstić information content (AvgIpc) is 2.75. The lowest BCUT2D eigenvalue weighted by atomic mass is 10.1. The Balaban J connectivity index is 2.56. The van der Waals surface area contributed by atoms with Crippen molar-refractivity contribution in [3.05, 3.63) is 34.2 Å². The summed E-state index contributed by atoms with van der Waals surface area (Å²) in [5, 5.41) is 0. The van der Waals surface area contributed by atoms with E-state index in [9.17, 15) is 4.79 Å². The molecule has 1 aliphatic rings. The van der Waals surface area contributed by atoms with E-state index in [4.69, 9.17) is 0 Å². The molecular formula is C9H10INO. The summed E-state index contributed by atoms with van der Waals surface area (Å²) in [4.78, 5) is 11.1. The fourth-order valence-corrected chi connectivity index (χ4v) is 2.22. The second kappa shape index (κ2) is 2.58. The minimum Gasteiger partial charge on any atom is -0.293 e. The average molecular weight is 275 g/mol. The van der Waals surface area contributed by atoms with Crippen LogP contribution >= 0.6 is 22.9 Å². The van der Waals surface area contributed by atoms with Crippen molar-refractivity contribution in [2.75, 3.05) is 0 Å². The summed E-state index contributed by atoms with van der Waals surface area (Å²) in [5.41, 5.74) is 1.56. The molecule has 0 N–H and O–H groups in total. The van der Waals surface area contributed by atoms with E-state index in [1.807, 2.05) is 8.98 Å². The molecule has 2 rings (SSSR count). The molecule has 2 nitrogen and oxygen atoms in total. The van der Waals surface area contributed by atoms with Gasteiger partial charge >= 0.3 is 0 Å². The normalized spacial score (nSPS) is 19.2. The van der Waals surface area contributed by atoms with Crippen LogP contribution in [0.4, 0.5) is 0 Å². The van der Waals surface area contributed by atoms with Crippen molar-refractivity contribution in [3.8, 4) is 0 Å². The monoisotopic (exact) mass is 275 g/mol. The van der Waals surface area contributed by atoms with Gasteiger partial charge in [-0.1, -0.05) is 6.92 Å². The first-order chi connectivity index (χ1) is 5.62. The molecule has 1 aromatic heterocycles. The van der Waals surface area contributed by atoms with Gasteiger partial charge in [0.05, 0.1) is 22.9 Å². The summed E-state index contributed by atoms with van der Waals surface area (Å²) in [7, 11) is 0. The van der Waals surface area contributed by atoms with E-state index >= 15 is 0 Å². The Morgan fingerprint density at radius 3 is 2.83 bits per heavy atom. The van der Waals surface area contributed by atoms with Crippen LogP contribution in [0.25, 0.3) is 0 Å². The number of rotatable bonds is 1. The predicted molar refractivity (Wildman–Crippen MR) is 56.7 cm³/mol. The lowest BCUT2D eigenvalue weighted by molar-refractivity contribution is 0.743. The summed E-state index contributed by atoms with van der Waals surface area (Å²) in [5.74, 6) is 0. The second-order valence-electron chi connectivity index (χ2n) is 3.62. The number of halogens is 1. The van der Waals surface area contributed by atoms with E-state index < -0.39 is 0 Å². The van der Waals surface area contributed by atoms with E-state index in [0.717, 1.165) is 5.69 Å². The van der Waals surface area contributed by atoms with Crippen LogP contribution < -0.4 is 5.43 Å². The summed E-state index contributed by atoms with van der Waals surface area (Å²) >= 11 is 2.22. The van der Waals surface area contributed by atoms with E-state index in [2.05, 4.69) is 29.8 Å². The third kappa shape index (κ3) is 1.30. The van der Waals surface area contributed by atoms with Gasteiger partial charge in [-0.3, -0.25) is 7.58 Å². The third-order valence-electron chi connectivity index (χ3n) is 2.50. The second-order valence-corrected chi connectivity index (χ2v) is 4.66. The first-order valence-electron chi connectivity index (χ1n) is 4.01. The maximum Gasteiger partial charge on any atom is 0.181 e. The van der Waals surface area contributed by atoms with Crippen LogP contribution in [0.5, 0.6) is 0 Å². The fourth-order valence-electron chi connectivity index (χ4n) is 1.34. The molecule has 0 unspecified atom stereocenters. The van der Waals surface area contributed by atoms with Crippen LogP contribution in [-0.4, -0.2) is 2.78 Å². The van der Waals surface area contributed by atoms with Crippen molar-refractivity contribution >= 4 is 22.9 Å². The predicted octanol–water partition coefficient (Wildman–Crippen LogP) is 2.10. The van der Waals surface area contributed by atoms with Crippen molar-refractivity contribution in [2.45, 2.75) is 25.2 Å². The Bertz CT molecular complexity index is 365. The molecule has 1 fully saturated rings. The summed E-state index contributed by atoms with van der Waals surface area (Å²) in [6.45, 7) is 2.21. The minimum absolute atomic E-state index is 0.117. The van der Waals surface area contributed by atoms with Gasteiger partial charge in [-0.15, -0.1) is 0 Å². The van der Waals surface area contributed by atoms with E-state index in [1.165, 1.54) is 12.8 Å². The molecule has 64 valence electrons. The number of hydrogen-bond acceptors (Lipinski definition) is 1. The molecule has 1 heterocycles. The van der Waals surface area contributed by atoms with Crippen molar-refractivity contribution in [1.29, 1.82) is 0 Å². The van der Waals surface area contributed by atoms with Crippen molar-refractivity contribution < 1.29 is 0 Å². The van der Waals surface area contributed by atoms with Gasteiger partial charge in [0.25, 0.3) is 0 Å². The molecule has 1 aliphatic carbocycles. The van der Waals surface area contributed by atoms with Crippen LogP contribution in [0, 0.1) is 0 Å². The zero-order valence-corrected chi connectivity index (χ0v) is 9.04. The molecular weight excluding hydrogens is 265 g/mol. The molecule has 0 aromatic carbocycles. The van der Waals surface area contributed by atoms with Gasteiger partial charge in [-0.25, -0.2) is 0 Å². The van der Waals surface area contributed by atoms with E-state index in [-0.39, 0.29) is 10.8 Å². The Morgan fingerprint density at radius 2 is 2.25 bits per heavy atom. The van der Waals surface area contributed by atoms with Gasteiger partial charge in [-0.05, 0) is 12.8 Å². The maximum absolute atomic E-state index is 11.1. The molecule has 0 amide bonds. The SMILES string of the molecule is CC1(c2cc(=O)ccn2I)CC1. The van der Waals surface area contributed by atoms with Gasteiger partial charge in [0.1, 0.15) is 0 Å². The fraction of sp³-hybridized carbons (Fsp3) is 0.444. The number of pyridine rings is 1. The standard InChI is InChI=1S/C9H10INO/c1-9(3-4-9)8-6-7(12)2-5-11(8)10/h2,5-6H,3-4H2,1H3. The third-order valence-corrected chi connectivity index (χ3v) is 3.34. The van der Waals surface area contributed by atoms with Gasteiger partial charge < -0.3 is 0 Å². The molecule has 0 saturated heterocycles. The van der Waals surface area contributed by atoms with Gasteiger partial charge in [0.2, 0.25) is 0 Å². The van der Waals surface area contributed by atoms with E-state index in [0.29, 0.717) is 0 Å². The first kappa shape index (κ1) is 8.29. The van der Waals surface area contributed by atoms with Gasteiger partial charge in [0.15, 0.2) is 5.43 Å². The molecule has 0 spiro atoms. The Kier molecular flexibility index (Phi) is 1.78. The lowest BCUT2D eigenvalue weighted by Gasteiger charge is -2.11. The summed E-state index contributed by atoms with van der Waals surface area (Å²) < 4.78 is 2.02. The van der Waals surface area contributed by atoms with E-state index in [1.54, 1.807) is 12.1 Å². The molecule has 0 bridgehead atoms. The van der Waals surface area contributed by atoms with Gasteiger partial charge in [-0.2, -0.15) is 0 Å². The highest BCUT2D eigenvalue weighted by atomic mass is 127. The smallest absolute Gasteiger partial charge is 0.181 e. The Hall–Kier alpha value is -0.320. The quantitative estimate of drug-likeness (QED) is 0.719. The number of aromatic nitrogens is 1. The van der Waals surface area contributed by atoms with Crippen LogP contribution in [-0.2, 0) is 5.41 Å². The first-order valence-corrected chi connectivity index (χ1v) is 4.98. The molecule has 0 radical (unpaired) electrons. The maximum atomic E-state index is 11.1. The summed E-state index contributed by atoms with van der Waals surface area (Å²) in [6.07, 6.45) is 4.25. The largest absolute Gasteiger partial charge is 0.293 e. The molecule has 0 atom stereocenters. The highest BCUT2D eigenvalue weighted by Crippen LogP contribution is 2.47. The van der Waals surface area contributed by atoms with Crippen LogP contribution in [0.3, 0.4) is 0 Å². The lowest BCUT2D eigenvalue weighted by Crippen LogP contribution is -2.12. The van der Waals surface area contributed by atoms with Crippen molar-refractivity contribution in [2.24, 2.45) is 0 Å². The molecule has 3 heteroatoms.